The second kappa shape index (κ2) is 8.40. The molecule has 0 unspecified atom stereocenters. The smallest absolute Gasteiger partial charge is 0.269 e. The normalized spacial score (nSPS) is 17.5. The number of allylic oxidation sites excluding steroid dienone is 2. The molecule has 1 aromatic heterocycles. The predicted octanol–water partition coefficient (Wildman–Crippen LogP) is 5.15. The van der Waals surface area contributed by atoms with E-state index in [-0.39, 0.29) is 11.5 Å². The Morgan fingerprint density at radius 2 is 2.06 bits per heavy atom. The first kappa shape index (κ1) is 20.7. The van der Waals surface area contributed by atoms with Crippen LogP contribution in [0.1, 0.15) is 36.4 Å². The highest BCUT2D eigenvalue weighted by Gasteiger charge is 2.37. The summed E-state index contributed by atoms with van der Waals surface area (Å²) < 4.78 is 1.67. The third-order valence-electron chi connectivity index (χ3n) is 5.50. The lowest BCUT2D eigenvalue weighted by Gasteiger charge is -2.32. The molecule has 1 atom stereocenters. The number of anilines is 1. The van der Waals surface area contributed by atoms with Crippen molar-refractivity contribution in [1.29, 1.82) is 0 Å². The molecule has 8 nitrogen and oxygen atoms in total. The summed E-state index contributed by atoms with van der Waals surface area (Å²) in [5.41, 5.74) is 3.10. The molecule has 0 saturated heterocycles. The largest absolute Gasteiger partial charge is 0.328 e. The Balaban J connectivity index is 1.53. The summed E-state index contributed by atoms with van der Waals surface area (Å²) in [4.78, 5) is 28.4. The van der Waals surface area contributed by atoms with Crippen molar-refractivity contribution in [3.8, 4) is 0 Å². The molecular formula is C22H18ClN5O3S. The lowest BCUT2D eigenvalue weighted by molar-refractivity contribution is -0.384. The fraction of sp³-hybridized carbons (Fsp3) is 0.227. The summed E-state index contributed by atoms with van der Waals surface area (Å²) >= 11 is 7.54. The molecule has 0 bridgehead atoms. The number of halogens is 1. The van der Waals surface area contributed by atoms with Crippen molar-refractivity contribution >= 4 is 40.8 Å². The van der Waals surface area contributed by atoms with Gasteiger partial charge in [0.1, 0.15) is 6.04 Å². The van der Waals surface area contributed by atoms with Gasteiger partial charge in [-0.25, -0.2) is 4.68 Å². The summed E-state index contributed by atoms with van der Waals surface area (Å²) in [5, 5.41) is 20.5. The van der Waals surface area contributed by atoms with Crippen molar-refractivity contribution in [3.63, 3.8) is 0 Å². The minimum absolute atomic E-state index is 0.0244. The number of benzene rings is 2. The van der Waals surface area contributed by atoms with Crippen molar-refractivity contribution in [2.75, 3.05) is 5.32 Å². The molecule has 1 aliphatic carbocycles. The van der Waals surface area contributed by atoms with Crippen molar-refractivity contribution in [3.05, 3.63) is 86.1 Å². The molecule has 162 valence electrons. The van der Waals surface area contributed by atoms with Crippen molar-refractivity contribution in [1.82, 2.24) is 14.8 Å². The molecule has 0 amide bonds. The highest BCUT2D eigenvalue weighted by Crippen LogP contribution is 2.41. The van der Waals surface area contributed by atoms with Gasteiger partial charge in [-0.05, 0) is 36.1 Å². The average Bonchev–Trinajstić information content (AvgIpc) is 3.19. The third kappa shape index (κ3) is 3.89. The Labute approximate surface area is 192 Å². The summed E-state index contributed by atoms with van der Waals surface area (Å²) in [7, 11) is 0. The summed E-state index contributed by atoms with van der Waals surface area (Å²) in [6.45, 7) is 0. The highest BCUT2D eigenvalue weighted by molar-refractivity contribution is 7.98. The average molecular weight is 468 g/mol. The predicted molar refractivity (Wildman–Crippen MR) is 122 cm³/mol. The number of rotatable bonds is 5. The summed E-state index contributed by atoms with van der Waals surface area (Å²) in [6.07, 6.45) is 1.94. The number of aromatic nitrogens is 3. The van der Waals surface area contributed by atoms with Gasteiger partial charge in [0.05, 0.1) is 4.92 Å². The van der Waals surface area contributed by atoms with Crippen LogP contribution in [0.4, 0.5) is 11.6 Å². The summed E-state index contributed by atoms with van der Waals surface area (Å²) in [6, 6.07) is 13.4. The zero-order valence-electron chi connectivity index (χ0n) is 16.8. The van der Waals surface area contributed by atoms with Crippen LogP contribution < -0.4 is 5.32 Å². The number of carbonyl (C=O) groups is 1. The molecule has 2 aliphatic rings. The molecule has 0 fully saturated rings. The molecule has 10 heteroatoms. The van der Waals surface area contributed by atoms with E-state index < -0.39 is 11.0 Å². The molecule has 1 N–H and O–H groups in total. The van der Waals surface area contributed by atoms with E-state index >= 15 is 0 Å². The number of thioether (sulfide) groups is 1. The topological polar surface area (TPSA) is 103 Å². The van der Waals surface area contributed by atoms with Crippen LogP contribution in [0, 0.1) is 10.1 Å². The van der Waals surface area contributed by atoms with Gasteiger partial charge in [-0.15, -0.1) is 5.10 Å². The number of non-ortho nitro benzene ring substituents is 1. The number of hydrogen-bond donors (Lipinski definition) is 1. The quantitative estimate of drug-likeness (QED) is 0.314. The molecule has 2 aromatic carbocycles. The van der Waals surface area contributed by atoms with Gasteiger partial charge < -0.3 is 5.32 Å². The number of fused-ring (bicyclic) bond motifs is 1. The first-order valence-electron chi connectivity index (χ1n) is 10.1. The number of ketones is 1. The van der Waals surface area contributed by atoms with E-state index in [0.717, 1.165) is 24.1 Å². The third-order valence-corrected chi connectivity index (χ3v) is 6.65. The van der Waals surface area contributed by atoms with Crippen LogP contribution >= 0.6 is 23.4 Å². The number of Topliss-reactive ketones (excluding diaryl/α,β-unsaturated/α-hetero) is 1. The van der Waals surface area contributed by atoms with Gasteiger partial charge in [0.2, 0.25) is 11.1 Å². The van der Waals surface area contributed by atoms with Crippen LogP contribution in [0.25, 0.3) is 0 Å². The Kier molecular flexibility index (Phi) is 5.44. The molecule has 3 aromatic rings. The van der Waals surface area contributed by atoms with Gasteiger partial charge in [-0.2, -0.15) is 4.98 Å². The highest BCUT2D eigenvalue weighted by atomic mass is 35.5. The lowest BCUT2D eigenvalue weighted by atomic mass is 9.85. The monoisotopic (exact) mass is 467 g/mol. The number of nitrogens with zero attached hydrogens (tertiary/aromatic N) is 4. The van der Waals surface area contributed by atoms with Gasteiger partial charge in [-0.1, -0.05) is 47.6 Å². The lowest BCUT2D eigenvalue weighted by Crippen LogP contribution is -2.31. The number of carbonyl (C=O) groups excluding carboxylic acids is 1. The number of nitrogens with one attached hydrogen (secondary N) is 1. The molecule has 2 heterocycles. The van der Waals surface area contributed by atoms with Crippen LogP contribution in [0.2, 0.25) is 5.02 Å². The SMILES string of the molecule is O=C1CCCC2=C1[C@@H](c1cccc([N+](=O)[O-])c1)n1nc(SCc3cccc(Cl)c3)nc1N2. The van der Waals surface area contributed by atoms with Gasteiger partial charge in [0.25, 0.3) is 5.69 Å². The Morgan fingerprint density at radius 3 is 2.88 bits per heavy atom. The Bertz CT molecular complexity index is 1270. The van der Waals surface area contributed by atoms with Crippen molar-refractivity contribution in [2.45, 2.75) is 36.2 Å². The second-order valence-electron chi connectivity index (χ2n) is 7.63. The maximum atomic E-state index is 12.9. The first-order chi connectivity index (χ1) is 15.5. The standard InChI is InChI=1S/C22H18ClN5O3S/c23-15-6-1-4-13(10-15)12-32-22-25-21-24-17-8-3-9-18(29)19(17)20(27(21)26-22)14-5-2-7-16(11-14)28(30)31/h1-2,4-7,10-11,20H,3,8-9,12H2,(H,24,25,26)/t20-/m1/s1. The van der Waals surface area contributed by atoms with Crippen molar-refractivity contribution in [2.24, 2.45) is 0 Å². The fourth-order valence-corrected chi connectivity index (χ4v) is 5.07. The van der Waals surface area contributed by atoms with Crippen molar-refractivity contribution < 1.29 is 9.72 Å². The molecule has 32 heavy (non-hydrogen) atoms. The zero-order chi connectivity index (χ0) is 22.2. The van der Waals surface area contributed by atoms with E-state index in [9.17, 15) is 14.9 Å². The van der Waals surface area contributed by atoms with E-state index in [1.165, 1.54) is 23.9 Å². The van der Waals surface area contributed by atoms with E-state index in [1.54, 1.807) is 16.8 Å². The minimum Gasteiger partial charge on any atom is -0.328 e. The molecule has 5 rings (SSSR count). The molecule has 0 spiro atoms. The summed E-state index contributed by atoms with van der Waals surface area (Å²) in [5.74, 6) is 1.20. The van der Waals surface area contributed by atoms with Crippen LogP contribution in [0.5, 0.6) is 0 Å². The van der Waals surface area contributed by atoms with Crippen LogP contribution in [-0.4, -0.2) is 25.5 Å². The van der Waals surface area contributed by atoms with E-state index in [4.69, 9.17) is 11.6 Å². The second-order valence-corrected chi connectivity index (χ2v) is 9.01. The zero-order valence-corrected chi connectivity index (χ0v) is 18.4. The minimum atomic E-state index is -0.554. The molecular weight excluding hydrogens is 450 g/mol. The van der Waals surface area contributed by atoms with E-state index in [2.05, 4.69) is 15.4 Å². The van der Waals surface area contributed by atoms with Crippen LogP contribution in [0.15, 0.2) is 65.0 Å². The first-order valence-corrected chi connectivity index (χ1v) is 11.5. The molecule has 0 saturated carbocycles. The van der Waals surface area contributed by atoms with Crippen LogP contribution in [-0.2, 0) is 10.5 Å². The molecule has 1 aliphatic heterocycles. The maximum Gasteiger partial charge on any atom is 0.269 e. The number of nitro groups is 1. The molecule has 0 radical (unpaired) electrons. The van der Waals surface area contributed by atoms with Crippen LogP contribution in [0.3, 0.4) is 0 Å². The number of nitro benzene ring substituents is 1. The number of hydrogen-bond acceptors (Lipinski definition) is 7. The fourth-order valence-electron chi connectivity index (χ4n) is 4.09. The van der Waals surface area contributed by atoms with Gasteiger partial charge >= 0.3 is 0 Å². The Hall–Kier alpha value is -3.17. The maximum absolute atomic E-state index is 12.9. The van der Waals surface area contributed by atoms with Gasteiger partial charge in [0, 0.05) is 40.6 Å². The Morgan fingerprint density at radius 1 is 1.22 bits per heavy atom. The van der Waals surface area contributed by atoms with Gasteiger partial charge in [-0.3, -0.25) is 14.9 Å². The van der Waals surface area contributed by atoms with E-state index in [0.29, 0.717) is 39.4 Å². The van der Waals surface area contributed by atoms with E-state index in [1.807, 2.05) is 24.3 Å². The van der Waals surface area contributed by atoms with Gasteiger partial charge in [0.15, 0.2) is 5.78 Å².